The van der Waals surface area contributed by atoms with E-state index in [-0.39, 0.29) is 35.3 Å². The van der Waals surface area contributed by atoms with Gasteiger partial charge in [0.25, 0.3) is 5.91 Å². The number of aryl methyl sites for hydroxylation is 1. The van der Waals surface area contributed by atoms with E-state index >= 15 is 0 Å². The number of carbonyl (C=O) groups is 2. The molecule has 0 aliphatic heterocycles. The van der Waals surface area contributed by atoms with Crippen molar-refractivity contribution < 1.29 is 27.5 Å². The molecule has 5 nitrogen and oxygen atoms in total. The molecular formula is C19H18ClF3N2O3. The Balaban J connectivity index is 1.91. The highest BCUT2D eigenvalue weighted by Gasteiger charge is 2.29. The molecule has 0 unspecified atom stereocenters. The zero-order valence-electron chi connectivity index (χ0n) is 14.9. The summed E-state index contributed by atoms with van der Waals surface area (Å²) >= 11 is 5.83. The van der Waals surface area contributed by atoms with Crippen molar-refractivity contribution in [2.45, 2.75) is 19.5 Å². The standard InChI is InChI=1S/C19H18ClF3N2O3/c1-12-4-2-3-5-14(12)18(27)24-9-8-17(26)25-15-10-13(20)6-7-16(15)28-11-19(21,22)23/h2-7,10H,8-9,11H2,1H3,(H,24,27)(H,25,26). The van der Waals surface area contributed by atoms with Gasteiger partial charge in [-0.3, -0.25) is 9.59 Å². The van der Waals surface area contributed by atoms with E-state index in [0.717, 1.165) is 5.56 Å². The van der Waals surface area contributed by atoms with Crippen LogP contribution in [0.5, 0.6) is 5.75 Å². The summed E-state index contributed by atoms with van der Waals surface area (Å²) in [6, 6.07) is 10.9. The van der Waals surface area contributed by atoms with Gasteiger partial charge >= 0.3 is 6.18 Å². The molecule has 2 aromatic rings. The first-order valence-electron chi connectivity index (χ1n) is 8.28. The van der Waals surface area contributed by atoms with Gasteiger partial charge in [-0.15, -0.1) is 0 Å². The van der Waals surface area contributed by atoms with Gasteiger partial charge in [0.05, 0.1) is 5.69 Å². The quantitative estimate of drug-likeness (QED) is 0.708. The lowest BCUT2D eigenvalue weighted by molar-refractivity contribution is -0.153. The molecule has 0 aliphatic rings. The maximum Gasteiger partial charge on any atom is 0.422 e. The lowest BCUT2D eigenvalue weighted by atomic mass is 10.1. The first-order valence-corrected chi connectivity index (χ1v) is 8.66. The molecule has 2 N–H and O–H groups in total. The lowest BCUT2D eigenvalue weighted by Gasteiger charge is -2.14. The largest absolute Gasteiger partial charge is 0.482 e. The average molecular weight is 415 g/mol. The van der Waals surface area contributed by atoms with Crippen molar-refractivity contribution in [3.63, 3.8) is 0 Å². The number of anilines is 1. The number of hydrogen-bond acceptors (Lipinski definition) is 3. The van der Waals surface area contributed by atoms with E-state index in [1.165, 1.54) is 18.2 Å². The number of nitrogens with one attached hydrogen (secondary N) is 2. The predicted molar refractivity (Wildman–Crippen MR) is 99.8 cm³/mol. The van der Waals surface area contributed by atoms with E-state index in [2.05, 4.69) is 10.6 Å². The molecule has 2 rings (SSSR count). The van der Waals surface area contributed by atoms with Crippen LogP contribution in [-0.4, -0.2) is 31.1 Å². The van der Waals surface area contributed by atoms with Crippen LogP contribution in [0.15, 0.2) is 42.5 Å². The van der Waals surface area contributed by atoms with Crippen LogP contribution in [0.2, 0.25) is 5.02 Å². The Morgan fingerprint density at radius 1 is 1.14 bits per heavy atom. The minimum atomic E-state index is -4.51. The number of halogens is 4. The third-order valence-corrected chi connectivity index (χ3v) is 3.87. The third kappa shape index (κ3) is 6.77. The second-order valence-corrected chi connectivity index (χ2v) is 6.35. The van der Waals surface area contributed by atoms with Crippen molar-refractivity contribution in [3.8, 4) is 5.75 Å². The van der Waals surface area contributed by atoms with Crippen molar-refractivity contribution in [2.24, 2.45) is 0 Å². The molecule has 2 amide bonds. The molecule has 0 heterocycles. The van der Waals surface area contributed by atoms with Gasteiger partial charge in [0.2, 0.25) is 5.91 Å². The summed E-state index contributed by atoms with van der Waals surface area (Å²) < 4.78 is 41.7. The summed E-state index contributed by atoms with van der Waals surface area (Å²) in [5.41, 5.74) is 1.32. The first kappa shape index (κ1) is 21.6. The summed E-state index contributed by atoms with van der Waals surface area (Å²) in [5, 5.41) is 5.29. The van der Waals surface area contributed by atoms with Crippen molar-refractivity contribution in [2.75, 3.05) is 18.5 Å². The van der Waals surface area contributed by atoms with Gasteiger partial charge in [-0.1, -0.05) is 29.8 Å². The zero-order valence-corrected chi connectivity index (χ0v) is 15.7. The second-order valence-electron chi connectivity index (χ2n) is 5.91. The fraction of sp³-hybridized carbons (Fsp3) is 0.263. The number of amides is 2. The van der Waals surface area contributed by atoms with Gasteiger partial charge in [-0.25, -0.2) is 0 Å². The minimum absolute atomic E-state index is 0.0204. The molecular weight excluding hydrogens is 397 g/mol. The minimum Gasteiger partial charge on any atom is -0.482 e. The predicted octanol–water partition coefficient (Wildman–Crippen LogP) is 4.35. The highest BCUT2D eigenvalue weighted by atomic mass is 35.5. The van der Waals surface area contributed by atoms with E-state index in [1.54, 1.807) is 25.1 Å². The van der Waals surface area contributed by atoms with Gasteiger partial charge in [0.15, 0.2) is 6.61 Å². The van der Waals surface area contributed by atoms with Gasteiger partial charge in [-0.2, -0.15) is 13.2 Å². The Morgan fingerprint density at radius 3 is 2.54 bits per heavy atom. The van der Waals surface area contributed by atoms with Gasteiger partial charge in [0, 0.05) is 23.6 Å². The number of ether oxygens (including phenoxy) is 1. The highest BCUT2D eigenvalue weighted by molar-refractivity contribution is 6.31. The summed E-state index contributed by atoms with van der Waals surface area (Å²) in [6.07, 6.45) is -4.59. The summed E-state index contributed by atoms with van der Waals surface area (Å²) in [7, 11) is 0. The summed E-state index contributed by atoms with van der Waals surface area (Å²) in [6.45, 7) is 0.353. The summed E-state index contributed by atoms with van der Waals surface area (Å²) in [5.74, 6) is -0.980. The van der Waals surface area contributed by atoms with Crippen LogP contribution in [-0.2, 0) is 4.79 Å². The van der Waals surface area contributed by atoms with E-state index in [4.69, 9.17) is 16.3 Å². The summed E-state index contributed by atoms with van der Waals surface area (Å²) in [4.78, 5) is 24.2. The molecule has 0 spiro atoms. The SMILES string of the molecule is Cc1ccccc1C(=O)NCCC(=O)Nc1cc(Cl)ccc1OCC(F)(F)F. The first-order chi connectivity index (χ1) is 13.2. The van der Waals surface area contributed by atoms with E-state index in [9.17, 15) is 22.8 Å². The highest BCUT2D eigenvalue weighted by Crippen LogP contribution is 2.29. The van der Waals surface area contributed by atoms with Gasteiger partial charge < -0.3 is 15.4 Å². The molecule has 0 radical (unpaired) electrons. The molecule has 0 fully saturated rings. The number of alkyl halides is 3. The fourth-order valence-corrected chi connectivity index (χ4v) is 2.48. The maximum absolute atomic E-state index is 12.3. The zero-order chi connectivity index (χ0) is 20.7. The van der Waals surface area contributed by atoms with Gasteiger partial charge in [0.1, 0.15) is 5.75 Å². The van der Waals surface area contributed by atoms with Crippen LogP contribution in [0.3, 0.4) is 0 Å². The maximum atomic E-state index is 12.3. The van der Waals surface area contributed by atoms with E-state index in [1.807, 2.05) is 6.07 Å². The number of benzene rings is 2. The van der Waals surface area contributed by atoms with Crippen LogP contribution in [0.25, 0.3) is 0 Å². The number of hydrogen-bond donors (Lipinski definition) is 2. The second kappa shape index (κ2) is 9.45. The van der Waals surface area contributed by atoms with Gasteiger partial charge in [-0.05, 0) is 36.8 Å². The van der Waals surface area contributed by atoms with Crippen LogP contribution < -0.4 is 15.4 Å². The van der Waals surface area contributed by atoms with E-state index in [0.29, 0.717) is 5.56 Å². The molecule has 0 bridgehead atoms. The van der Waals surface area contributed by atoms with Crippen molar-refractivity contribution in [3.05, 3.63) is 58.6 Å². The molecule has 2 aromatic carbocycles. The molecule has 0 aromatic heterocycles. The van der Waals surface area contributed by atoms with Crippen LogP contribution in [0.1, 0.15) is 22.3 Å². The van der Waals surface area contributed by atoms with Crippen molar-refractivity contribution >= 4 is 29.1 Å². The van der Waals surface area contributed by atoms with Crippen LogP contribution in [0.4, 0.5) is 18.9 Å². The smallest absolute Gasteiger partial charge is 0.422 e. The third-order valence-electron chi connectivity index (χ3n) is 3.63. The molecule has 0 aliphatic carbocycles. The van der Waals surface area contributed by atoms with Crippen molar-refractivity contribution in [1.82, 2.24) is 5.32 Å². The molecule has 0 saturated heterocycles. The molecule has 28 heavy (non-hydrogen) atoms. The molecule has 150 valence electrons. The Kier molecular flexibility index (Phi) is 7.28. The normalized spacial score (nSPS) is 11.0. The monoisotopic (exact) mass is 414 g/mol. The Hall–Kier alpha value is -2.74. The average Bonchev–Trinajstić information content (AvgIpc) is 2.60. The molecule has 0 atom stereocenters. The van der Waals surface area contributed by atoms with Crippen LogP contribution in [0, 0.1) is 6.92 Å². The van der Waals surface area contributed by atoms with E-state index < -0.39 is 18.7 Å². The Bertz CT molecular complexity index is 857. The lowest BCUT2D eigenvalue weighted by Crippen LogP contribution is -2.28. The fourth-order valence-electron chi connectivity index (χ4n) is 2.31. The Labute approximate surface area is 164 Å². The molecule has 9 heteroatoms. The molecule has 0 saturated carbocycles. The Morgan fingerprint density at radius 2 is 1.86 bits per heavy atom. The van der Waals surface area contributed by atoms with Crippen LogP contribution >= 0.6 is 11.6 Å². The number of carbonyl (C=O) groups excluding carboxylic acids is 2. The van der Waals surface area contributed by atoms with Crippen molar-refractivity contribution in [1.29, 1.82) is 0 Å². The number of rotatable bonds is 7. The topological polar surface area (TPSA) is 67.4 Å².